The Kier molecular flexibility index (Phi) is 3.52. The van der Waals surface area contributed by atoms with Gasteiger partial charge in [0.1, 0.15) is 5.82 Å². The van der Waals surface area contributed by atoms with Crippen LogP contribution in [-0.4, -0.2) is 53.7 Å². The van der Waals surface area contributed by atoms with E-state index >= 15 is 0 Å². The van der Waals surface area contributed by atoms with Crippen molar-refractivity contribution in [3.63, 3.8) is 0 Å². The molecular weight excluding hydrogens is 324 g/mol. The van der Waals surface area contributed by atoms with E-state index in [1.165, 1.54) is 6.20 Å². The lowest BCUT2D eigenvalue weighted by molar-refractivity contribution is 0.0696. The number of aryl methyl sites for hydroxylation is 1. The standard InChI is InChI=1S/C15H18N8O2/c1-21-13-11(7-17-21)12(16)19-15(20-13)22-4-2-10(3-5-22)23-8-9(6-18-23)14(24)25/h6-8,10H,2-5H2,1H3,(H,24,25)(H2,16,19,20). The zero-order valence-corrected chi connectivity index (χ0v) is 13.7. The lowest BCUT2D eigenvalue weighted by Gasteiger charge is -2.32. The molecule has 3 aromatic rings. The van der Waals surface area contributed by atoms with Crippen LogP contribution in [0.1, 0.15) is 29.2 Å². The molecule has 1 aliphatic rings. The van der Waals surface area contributed by atoms with Crippen LogP contribution in [0.15, 0.2) is 18.6 Å². The van der Waals surface area contributed by atoms with E-state index in [0.29, 0.717) is 17.4 Å². The first-order valence-electron chi connectivity index (χ1n) is 8.00. The van der Waals surface area contributed by atoms with Crippen molar-refractivity contribution in [2.24, 2.45) is 7.05 Å². The molecule has 0 amide bonds. The van der Waals surface area contributed by atoms with Gasteiger partial charge in [-0.1, -0.05) is 0 Å². The summed E-state index contributed by atoms with van der Waals surface area (Å²) in [5.74, 6) is 0.0594. The second kappa shape index (κ2) is 5.72. The van der Waals surface area contributed by atoms with Gasteiger partial charge in [0.25, 0.3) is 0 Å². The minimum Gasteiger partial charge on any atom is -0.478 e. The number of nitrogens with two attached hydrogens (primary N) is 1. The third-order valence-corrected chi connectivity index (χ3v) is 4.58. The Labute approximate surface area is 142 Å². The second-order valence-corrected chi connectivity index (χ2v) is 6.15. The van der Waals surface area contributed by atoms with Crippen LogP contribution in [0.25, 0.3) is 11.0 Å². The van der Waals surface area contributed by atoms with Gasteiger partial charge in [0.2, 0.25) is 5.95 Å². The minimum atomic E-state index is -0.961. The van der Waals surface area contributed by atoms with Crippen LogP contribution in [0.3, 0.4) is 0 Å². The number of rotatable bonds is 3. The summed E-state index contributed by atoms with van der Waals surface area (Å²) in [6.45, 7) is 1.49. The minimum absolute atomic E-state index is 0.169. The van der Waals surface area contributed by atoms with E-state index in [9.17, 15) is 4.79 Å². The number of carboxylic acids is 1. The maximum Gasteiger partial charge on any atom is 0.338 e. The number of nitrogens with zero attached hydrogens (tertiary/aromatic N) is 7. The third-order valence-electron chi connectivity index (χ3n) is 4.58. The summed E-state index contributed by atoms with van der Waals surface area (Å²) in [5, 5.41) is 18.1. The Bertz CT molecular complexity index is 938. The van der Waals surface area contributed by atoms with Gasteiger partial charge in [0.05, 0.1) is 29.4 Å². The van der Waals surface area contributed by atoms with Crippen molar-refractivity contribution in [1.29, 1.82) is 0 Å². The number of carbonyl (C=O) groups is 1. The fraction of sp³-hybridized carbons (Fsp3) is 0.400. The second-order valence-electron chi connectivity index (χ2n) is 6.15. The first kappa shape index (κ1) is 15.4. The van der Waals surface area contributed by atoms with E-state index in [0.717, 1.165) is 31.3 Å². The molecule has 1 aliphatic heterocycles. The number of anilines is 2. The van der Waals surface area contributed by atoms with Crippen molar-refractivity contribution in [2.75, 3.05) is 23.7 Å². The van der Waals surface area contributed by atoms with Gasteiger partial charge < -0.3 is 15.7 Å². The van der Waals surface area contributed by atoms with Crippen molar-refractivity contribution in [3.8, 4) is 0 Å². The van der Waals surface area contributed by atoms with Crippen LogP contribution < -0.4 is 10.6 Å². The van der Waals surface area contributed by atoms with Gasteiger partial charge in [-0.05, 0) is 12.8 Å². The van der Waals surface area contributed by atoms with E-state index in [2.05, 4.69) is 25.1 Å². The molecule has 4 rings (SSSR count). The van der Waals surface area contributed by atoms with Crippen LogP contribution >= 0.6 is 0 Å². The molecule has 0 unspecified atom stereocenters. The monoisotopic (exact) mass is 342 g/mol. The van der Waals surface area contributed by atoms with E-state index in [1.807, 2.05) is 7.05 Å². The van der Waals surface area contributed by atoms with Crippen molar-refractivity contribution >= 4 is 28.8 Å². The molecule has 3 aromatic heterocycles. The van der Waals surface area contributed by atoms with Gasteiger partial charge in [-0.2, -0.15) is 20.2 Å². The van der Waals surface area contributed by atoms with Crippen LogP contribution in [-0.2, 0) is 7.05 Å². The number of piperidine rings is 1. The summed E-state index contributed by atoms with van der Waals surface area (Å²) in [4.78, 5) is 22.0. The Morgan fingerprint density at radius 2 is 2.00 bits per heavy atom. The highest BCUT2D eigenvalue weighted by Crippen LogP contribution is 2.27. The van der Waals surface area contributed by atoms with Crippen LogP contribution in [0.5, 0.6) is 0 Å². The van der Waals surface area contributed by atoms with E-state index in [-0.39, 0.29) is 11.6 Å². The summed E-state index contributed by atoms with van der Waals surface area (Å²) in [7, 11) is 1.82. The molecule has 10 nitrogen and oxygen atoms in total. The summed E-state index contributed by atoms with van der Waals surface area (Å²) in [6, 6.07) is 0.169. The van der Waals surface area contributed by atoms with Crippen LogP contribution in [0.4, 0.5) is 11.8 Å². The number of hydrogen-bond donors (Lipinski definition) is 2. The van der Waals surface area contributed by atoms with Crippen molar-refractivity contribution in [1.82, 2.24) is 29.5 Å². The van der Waals surface area contributed by atoms with E-state index < -0.39 is 5.97 Å². The summed E-state index contributed by atoms with van der Waals surface area (Å²) in [5.41, 5.74) is 6.95. The molecule has 0 aromatic carbocycles. The molecule has 0 atom stereocenters. The molecule has 3 N–H and O–H groups in total. The smallest absolute Gasteiger partial charge is 0.338 e. The van der Waals surface area contributed by atoms with Crippen molar-refractivity contribution in [2.45, 2.75) is 18.9 Å². The molecule has 10 heteroatoms. The Morgan fingerprint density at radius 3 is 2.68 bits per heavy atom. The highest BCUT2D eigenvalue weighted by atomic mass is 16.4. The predicted molar refractivity (Wildman–Crippen MR) is 90.4 cm³/mol. The molecule has 1 fully saturated rings. The molecule has 0 bridgehead atoms. The number of aromatic carboxylic acids is 1. The molecule has 25 heavy (non-hydrogen) atoms. The number of hydrogen-bond acceptors (Lipinski definition) is 7. The third kappa shape index (κ3) is 2.65. The predicted octanol–water partition coefficient (Wildman–Crippen LogP) is 0.682. The lowest BCUT2D eigenvalue weighted by Crippen LogP contribution is -2.36. The van der Waals surface area contributed by atoms with Gasteiger partial charge in [0, 0.05) is 26.3 Å². The normalized spacial score (nSPS) is 15.8. The fourth-order valence-electron chi connectivity index (χ4n) is 3.15. The largest absolute Gasteiger partial charge is 0.478 e. The SMILES string of the molecule is Cn1ncc2c(N)nc(N3CCC(n4cc(C(=O)O)cn4)CC3)nc21. The van der Waals surface area contributed by atoms with E-state index in [4.69, 9.17) is 10.8 Å². The molecule has 1 saturated heterocycles. The van der Waals surface area contributed by atoms with Crippen LogP contribution in [0, 0.1) is 0 Å². The molecule has 0 saturated carbocycles. The Morgan fingerprint density at radius 1 is 1.24 bits per heavy atom. The first-order valence-corrected chi connectivity index (χ1v) is 8.00. The Hall–Kier alpha value is -3.17. The van der Waals surface area contributed by atoms with Gasteiger partial charge in [-0.3, -0.25) is 9.36 Å². The summed E-state index contributed by atoms with van der Waals surface area (Å²) in [6.07, 6.45) is 6.28. The highest BCUT2D eigenvalue weighted by molar-refractivity contribution is 5.87. The zero-order valence-electron chi connectivity index (χ0n) is 13.7. The molecular formula is C15H18N8O2. The number of nitrogen functional groups attached to an aromatic ring is 1. The molecule has 130 valence electrons. The number of carboxylic acid groups (broad SMARTS) is 1. The van der Waals surface area contributed by atoms with Gasteiger partial charge in [-0.15, -0.1) is 0 Å². The van der Waals surface area contributed by atoms with Gasteiger partial charge >= 0.3 is 5.97 Å². The summed E-state index contributed by atoms with van der Waals surface area (Å²) >= 11 is 0. The van der Waals surface area contributed by atoms with Crippen molar-refractivity contribution < 1.29 is 9.90 Å². The topological polar surface area (TPSA) is 128 Å². The Balaban J connectivity index is 1.51. The zero-order chi connectivity index (χ0) is 17.6. The molecule has 0 spiro atoms. The van der Waals surface area contributed by atoms with E-state index in [1.54, 1.807) is 21.8 Å². The summed E-state index contributed by atoms with van der Waals surface area (Å²) < 4.78 is 3.42. The van der Waals surface area contributed by atoms with Gasteiger partial charge in [-0.25, -0.2) is 4.79 Å². The highest BCUT2D eigenvalue weighted by Gasteiger charge is 2.24. The number of aromatic nitrogens is 6. The quantitative estimate of drug-likeness (QED) is 0.711. The molecule has 4 heterocycles. The first-order chi connectivity index (χ1) is 12.0. The van der Waals surface area contributed by atoms with Gasteiger partial charge in [0.15, 0.2) is 5.65 Å². The average molecular weight is 342 g/mol. The van der Waals surface area contributed by atoms with Crippen molar-refractivity contribution in [3.05, 3.63) is 24.2 Å². The maximum absolute atomic E-state index is 11.0. The van der Waals surface area contributed by atoms with Crippen LogP contribution in [0.2, 0.25) is 0 Å². The average Bonchev–Trinajstić information content (AvgIpc) is 3.23. The number of fused-ring (bicyclic) bond motifs is 1. The molecule has 0 aliphatic carbocycles. The molecule has 0 radical (unpaired) electrons. The fourth-order valence-corrected chi connectivity index (χ4v) is 3.15. The lowest BCUT2D eigenvalue weighted by atomic mass is 10.1. The maximum atomic E-state index is 11.0.